The van der Waals surface area contributed by atoms with Gasteiger partial charge in [-0.3, -0.25) is 0 Å². The molecule has 0 aliphatic rings. The van der Waals surface area contributed by atoms with E-state index in [2.05, 4.69) is 5.32 Å². The van der Waals surface area contributed by atoms with E-state index in [1.54, 1.807) is 6.07 Å². The van der Waals surface area contributed by atoms with Crippen LogP contribution in [0.15, 0.2) is 42.5 Å². The van der Waals surface area contributed by atoms with E-state index in [1.165, 1.54) is 12.1 Å². The third-order valence-electron chi connectivity index (χ3n) is 2.66. The van der Waals surface area contributed by atoms with Gasteiger partial charge in [0.1, 0.15) is 17.3 Å². The van der Waals surface area contributed by atoms with Crippen LogP contribution in [0, 0.1) is 12.7 Å². The molecule has 0 fully saturated rings. The van der Waals surface area contributed by atoms with Crippen LogP contribution in [0.4, 0.5) is 4.39 Å². The van der Waals surface area contributed by atoms with Gasteiger partial charge < -0.3 is 10.1 Å². The smallest absolute Gasteiger partial charge is 0.133 e. The first-order valence-corrected chi connectivity index (χ1v) is 5.86. The Labute approximate surface area is 106 Å². The summed E-state index contributed by atoms with van der Waals surface area (Å²) in [6.07, 6.45) is 0. The first kappa shape index (κ1) is 12.6. The van der Waals surface area contributed by atoms with Gasteiger partial charge in [-0.25, -0.2) is 4.39 Å². The molecular weight excluding hydrogens is 229 g/mol. The maximum atomic E-state index is 13.2. The molecule has 0 heterocycles. The number of ether oxygens (including phenoxy) is 1. The molecular formula is C15H16FNO. The molecule has 2 nitrogen and oxygen atoms in total. The molecule has 0 bridgehead atoms. The topological polar surface area (TPSA) is 21.3 Å². The van der Waals surface area contributed by atoms with Crippen molar-refractivity contribution >= 4 is 0 Å². The van der Waals surface area contributed by atoms with Crippen LogP contribution in [0.25, 0.3) is 0 Å². The summed E-state index contributed by atoms with van der Waals surface area (Å²) in [7, 11) is 1.89. The SMILES string of the molecule is CNCc1cccc(Oc2cc(F)ccc2C)c1. The quantitative estimate of drug-likeness (QED) is 0.887. The van der Waals surface area contributed by atoms with Crippen molar-refractivity contribution < 1.29 is 9.13 Å². The van der Waals surface area contributed by atoms with Gasteiger partial charge in [0.15, 0.2) is 0 Å². The Morgan fingerprint density at radius 1 is 1.17 bits per heavy atom. The second-order valence-corrected chi connectivity index (χ2v) is 4.19. The van der Waals surface area contributed by atoms with Crippen LogP contribution < -0.4 is 10.1 Å². The van der Waals surface area contributed by atoms with Crippen molar-refractivity contribution in [3.8, 4) is 11.5 Å². The van der Waals surface area contributed by atoms with Crippen molar-refractivity contribution in [2.75, 3.05) is 7.05 Å². The highest BCUT2D eigenvalue weighted by atomic mass is 19.1. The lowest BCUT2D eigenvalue weighted by molar-refractivity contribution is 0.472. The van der Waals surface area contributed by atoms with Crippen molar-refractivity contribution in [1.29, 1.82) is 0 Å². The molecule has 0 unspecified atom stereocenters. The van der Waals surface area contributed by atoms with Crippen LogP contribution in [0.1, 0.15) is 11.1 Å². The summed E-state index contributed by atoms with van der Waals surface area (Å²) in [5, 5.41) is 3.08. The minimum atomic E-state index is -0.290. The van der Waals surface area contributed by atoms with E-state index in [0.29, 0.717) is 5.75 Å². The van der Waals surface area contributed by atoms with Crippen molar-refractivity contribution in [2.45, 2.75) is 13.5 Å². The summed E-state index contributed by atoms with van der Waals surface area (Å²) >= 11 is 0. The fraction of sp³-hybridized carbons (Fsp3) is 0.200. The molecule has 18 heavy (non-hydrogen) atoms. The van der Waals surface area contributed by atoms with E-state index >= 15 is 0 Å². The van der Waals surface area contributed by atoms with Crippen molar-refractivity contribution in [3.05, 3.63) is 59.4 Å². The molecule has 0 saturated heterocycles. The van der Waals surface area contributed by atoms with Gasteiger partial charge in [-0.1, -0.05) is 18.2 Å². The van der Waals surface area contributed by atoms with Gasteiger partial charge in [-0.2, -0.15) is 0 Å². The molecule has 94 valence electrons. The third kappa shape index (κ3) is 3.08. The van der Waals surface area contributed by atoms with Gasteiger partial charge in [0, 0.05) is 12.6 Å². The van der Waals surface area contributed by atoms with E-state index in [9.17, 15) is 4.39 Å². The molecule has 2 aromatic rings. The monoisotopic (exact) mass is 245 g/mol. The van der Waals surface area contributed by atoms with Crippen LogP contribution in [0.3, 0.4) is 0 Å². The van der Waals surface area contributed by atoms with E-state index in [4.69, 9.17) is 4.74 Å². The predicted molar refractivity (Wildman–Crippen MR) is 70.4 cm³/mol. The van der Waals surface area contributed by atoms with Gasteiger partial charge >= 0.3 is 0 Å². The Morgan fingerprint density at radius 3 is 2.78 bits per heavy atom. The fourth-order valence-electron chi connectivity index (χ4n) is 1.73. The van der Waals surface area contributed by atoms with Gasteiger partial charge in [0.2, 0.25) is 0 Å². The zero-order valence-electron chi connectivity index (χ0n) is 10.5. The number of rotatable bonds is 4. The van der Waals surface area contributed by atoms with E-state index in [1.807, 2.05) is 38.2 Å². The van der Waals surface area contributed by atoms with Gasteiger partial charge in [-0.05, 0) is 43.3 Å². The van der Waals surface area contributed by atoms with Crippen LogP contribution in [-0.4, -0.2) is 7.05 Å². The molecule has 2 aromatic carbocycles. The highest BCUT2D eigenvalue weighted by Crippen LogP contribution is 2.26. The standard InChI is InChI=1S/C15H16FNO/c1-11-6-7-13(16)9-15(11)18-14-5-3-4-12(8-14)10-17-2/h3-9,17H,10H2,1-2H3. The summed E-state index contributed by atoms with van der Waals surface area (Å²) < 4.78 is 18.9. The first-order valence-electron chi connectivity index (χ1n) is 5.86. The Hall–Kier alpha value is -1.87. The zero-order chi connectivity index (χ0) is 13.0. The largest absolute Gasteiger partial charge is 0.457 e. The maximum Gasteiger partial charge on any atom is 0.133 e. The van der Waals surface area contributed by atoms with Crippen LogP contribution >= 0.6 is 0 Å². The van der Waals surface area contributed by atoms with Crippen molar-refractivity contribution in [2.24, 2.45) is 0 Å². The van der Waals surface area contributed by atoms with Crippen molar-refractivity contribution in [1.82, 2.24) is 5.32 Å². The maximum absolute atomic E-state index is 13.2. The minimum Gasteiger partial charge on any atom is -0.457 e. The summed E-state index contributed by atoms with van der Waals surface area (Å²) in [6.45, 7) is 2.67. The second kappa shape index (κ2) is 5.65. The molecule has 0 saturated carbocycles. The molecule has 0 aromatic heterocycles. The average Bonchev–Trinajstić information content (AvgIpc) is 2.35. The lowest BCUT2D eigenvalue weighted by Crippen LogP contribution is -2.04. The molecule has 0 aliphatic carbocycles. The number of hydrogen-bond acceptors (Lipinski definition) is 2. The number of nitrogens with one attached hydrogen (secondary N) is 1. The summed E-state index contributed by atoms with van der Waals surface area (Å²) in [5.41, 5.74) is 2.04. The highest BCUT2D eigenvalue weighted by Gasteiger charge is 2.03. The third-order valence-corrected chi connectivity index (χ3v) is 2.66. The molecule has 0 atom stereocenters. The number of halogens is 1. The number of aryl methyl sites for hydroxylation is 1. The Kier molecular flexibility index (Phi) is 3.95. The predicted octanol–water partition coefficient (Wildman–Crippen LogP) is 3.65. The lowest BCUT2D eigenvalue weighted by Gasteiger charge is -2.10. The van der Waals surface area contributed by atoms with Gasteiger partial charge in [0.05, 0.1) is 0 Å². The summed E-state index contributed by atoms with van der Waals surface area (Å²) in [4.78, 5) is 0. The molecule has 0 radical (unpaired) electrons. The van der Waals surface area contributed by atoms with E-state index in [-0.39, 0.29) is 5.82 Å². The van der Waals surface area contributed by atoms with Crippen LogP contribution in [0.2, 0.25) is 0 Å². The van der Waals surface area contributed by atoms with E-state index in [0.717, 1.165) is 23.4 Å². The molecule has 3 heteroatoms. The Balaban J connectivity index is 2.22. The zero-order valence-corrected chi connectivity index (χ0v) is 10.5. The molecule has 0 aliphatic heterocycles. The van der Waals surface area contributed by atoms with Crippen LogP contribution in [-0.2, 0) is 6.54 Å². The minimum absolute atomic E-state index is 0.290. The normalized spacial score (nSPS) is 10.4. The molecule has 0 amide bonds. The Bertz CT molecular complexity index is 540. The highest BCUT2D eigenvalue weighted by molar-refractivity contribution is 5.38. The first-order chi connectivity index (χ1) is 8.69. The number of benzene rings is 2. The average molecular weight is 245 g/mol. The molecule has 0 spiro atoms. The van der Waals surface area contributed by atoms with E-state index < -0.39 is 0 Å². The van der Waals surface area contributed by atoms with Crippen molar-refractivity contribution in [3.63, 3.8) is 0 Å². The fourth-order valence-corrected chi connectivity index (χ4v) is 1.73. The van der Waals surface area contributed by atoms with Crippen LogP contribution in [0.5, 0.6) is 11.5 Å². The number of hydrogen-bond donors (Lipinski definition) is 1. The van der Waals surface area contributed by atoms with Gasteiger partial charge in [-0.15, -0.1) is 0 Å². The second-order valence-electron chi connectivity index (χ2n) is 4.19. The molecule has 1 N–H and O–H groups in total. The summed E-state index contributed by atoms with van der Waals surface area (Å²) in [5.74, 6) is 0.982. The summed E-state index contributed by atoms with van der Waals surface area (Å²) in [6, 6.07) is 12.3. The molecule has 2 rings (SSSR count). The lowest BCUT2D eigenvalue weighted by atomic mass is 10.2. The van der Waals surface area contributed by atoms with Gasteiger partial charge in [0.25, 0.3) is 0 Å². The Morgan fingerprint density at radius 2 is 2.00 bits per heavy atom.